The fourth-order valence-electron chi connectivity index (χ4n) is 4.30. The van der Waals surface area contributed by atoms with E-state index in [9.17, 15) is 0 Å². The van der Waals surface area contributed by atoms with Crippen LogP contribution in [0.3, 0.4) is 0 Å². The second-order valence-corrected chi connectivity index (χ2v) is 9.69. The fourth-order valence-corrected chi connectivity index (χ4v) is 5.19. The maximum Gasteiger partial charge on any atom is 0.240 e. The minimum atomic E-state index is -0.0896. The van der Waals surface area contributed by atoms with E-state index in [-0.39, 0.29) is 11.4 Å². The number of ether oxygens (including phenoxy) is 1. The molecular formula is C25H24N6O2S. The van der Waals surface area contributed by atoms with Crippen LogP contribution in [0.25, 0.3) is 33.7 Å². The van der Waals surface area contributed by atoms with Crippen LogP contribution in [0, 0.1) is 0 Å². The molecular weight excluding hydrogens is 448 g/mol. The molecule has 34 heavy (non-hydrogen) atoms. The van der Waals surface area contributed by atoms with Gasteiger partial charge in [0.1, 0.15) is 0 Å². The molecule has 0 spiro atoms. The SMILES string of the molecule is CC(Sc1nnc(-c2c[nH]c3ccccc23)n1CC1CCCO1)c1nc(-c2ccccc2)no1. The summed E-state index contributed by atoms with van der Waals surface area (Å²) in [5.41, 5.74) is 3.04. The van der Waals surface area contributed by atoms with Crippen molar-refractivity contribution in [3.05, 3.63) is 66.7 Å². The summed E-state index contributed by atoms with van der Waals surface area (Å²) >= 11 is 1.57. The Balaban J connectivity index is 1.32. The zero-order valence-corrected chi connectivity index (χ0v) is 19.5. The number of nitrogens with zero attached hydrogens (tertiary/aromatic N) is 5. The van der Waals surface area contributed by atoms with E-state index in [1.807, 2.05) is 55.6 Å². The van der Waals surface area contributed by atoms with Gasteiger partial charge in [-0.05, 0) is 25.8 Å². The molecule has 1 fully saturated rings. The Morgan fingerprint density at radius 1 is 1.12 bits per heavy atom. The molecule has 0 radical (unpaired) electrons. The summed E-state index contributed by atoms with van der Waals surface area (Å²) in [6.45, 7) is 3.55. The third kappa shape index (κ3) is 4.01. The van der Waals surface area contributed by atoms with E-state index >= 15 is 0 Å². The standard InChI is InChI=1S/C25H24N6O2S/c1-16(24-27-22(30-33-24)17-8-3-2-4-9-17)34-25-29-28-23(31(25)15-18-10-7-13-32-18)20-14-26-21-12-6-5-11-19(20)21/h2-6,8-9,11-12,14,16,18,26H,7,10,13,15H2,1H3. The molecule has 1 aliphatic heterocycles. The second kappa shape index (κ2) is 9.08. The number of para-hydroxylation sites is 1. The minimum Gasteiger partial charge on any atom is -0.376 e. The number of hydrogen-bond donors (Lipinski definition) is 1. The molecule has 0 amide bonds. The molecule has 0 bridgehead atoms. The van der Waals surface area contributed by atoms with Crippen molar-refractivity contribution in [3.63, 3.8) is 0 Å². The normalized spacial score (nSPS) is 16.9. The van der Waals surface area contributed by atoms with Gasteiger partial charge in [-0.3, -0.25) is 4.57 Å². The Morgan fingerprint density at radius 3 is 2.82 bits per heavy atom. The van der Waals surface area contributed by atoms with Gasteiger partial charge in [0.2, 0.25) is 11.7 Å². The highest BCUT2D eigenvalue weighted by molar-refractivity contribution is 7.99. The van der Waals surface area contributed by atoms with Gasteiger partial charge in [0.25, 0.3) is 0 Å². The molecule has 172 valence electrons. The van der Waals surface area contributed by atoms with Crippen LogP contribution in [0.1, 0.15) is 30.9 Å². The van der Waals surface area contributed by atoms with Crippen LogP contribution in [0.4, 0.5) is 0 Å². The second-order valence-electron chi connectivity index (χ2n) is 8.38. The van der Waals surface area contributed by atoms with Gasteiger partial charge < -0.3 is 14.2 Å². The molecule has 3 aromatic heterocycles. The summed E-state index contributed by atoms with van der Waals surface area (Å²) in [6.07, 6.45) is 4.28. The molecule has 9 heteroatoms. The third-order valence-electron chi connectivity index (χ3n) is 6.06. The Labute approximate surface area is 200 Å². The van der Waals surface area contributed by atoms with Gasteiger partial charge in [0.05, 0.1) is 17.9 Å². The van der Waals surface area contributed by atoms with Crippen LogP contribution in [0.2, 0.25) is 0 Å². The quantitative estimate of drug-likeness (QED) is 0.312. The van der Waals surface area contributed by atoms with Crippen molar-refractivity contribution < 1.29 is 9.26 Å². The van der Waals surface area contributed by atoms with Gasteiger partial charge in [-0.15, -0.1) is 10.2 Å². The first kappa shape index (κ1) is 21.1. The highest BCUT2D eigenvalue weighted by Crippen LogP contribution is 2.37. The van der Waals surface area contributed by atoms with Crippen LogP contribution in [0.15, 0.2) is 70.5 Å². The summed E-state index contributed by atoms with van der Waals surface area (Å²) in [4.78, 5) is 7.97. The van der Waals surface area contributed by atoms with E-state index in [0.717, 1.165) is 52.5 Å². The monoisotopic (exact) mass is 472 g/mol. The molecule has 8 nitrogen and oxygen atoms in total. The lowest BCUT2D eigenvalue weighted by molar-refractivity contribution is 0.0953. The maximum absolute atomic E-state index is 5.95. The number of hydrogen-bond acceptors (Lipinski definition) is 7. The van der Waals surface area contributed by atoms with Crippen molar-refractivity contribution in [2.24, 2.45) is 0 Å². The predicted octanol–water partition coefficient (Wildman–Crippen LogP) is 5.51. The summed E-state index contributed by atoms with van der Waals surface area (Å²) < 4.78 is 13.7. The first-order valence-electron chi connectivity index (χ1n) is 11.4. The number of aromatic nitrogens is 6. The number of aromatic amines is 1. The lowest BCUT2D eigenvalue weighted by Gasteiger charge is -2.15. The van der Waals surface area contributed by atoms with E-state index in [0.29, 0.717) is 18.3 Å². The predicted molar refractivity (Wildman–Crippen MR) is 130 cm³/mol. The molecule has 1 aliphatic rings. The average Bonchev–Trinajstić information content (AvgIpc) is 3.67. The first-order valence-corrected chi connectivity index (χ1v) is 12.3. The van der Waals surface area contributed by atoms with Gasteiger partial charge in [0, 0.05) is 34.8 Å². The molecule has 0 aliphatic carbocycles. The van der Waals surface area contributed by atoms with E-state index in [1.54, 1.807) is 11.8 Å². The fraction of sp³-hybridized carbons (Fsp3) is 0.280. The lowest BCUT2D eigenvalue weighted by Crippen LogP contribution is -2.16. The van der Waals surface area contributed by atoms with Crippen LogP contribution in [0.5, 0.6) is 0 Å². The molecule has 0 saturated carbocycles. The van der Waals surface area contributed by atoms with Crippen molar-refractivity contribution in [1.29, 1.82) is 0 Å². The van der Waals surface area contributed by atoms with E-state index in [2.05, 4.69) is 42.0 Å². The van der Waals surface area contributed by atoms with Crippen molar-refractivity contribution in [3.8, 4) is 22.8 Å². The number of fused-ring (bicyclic) bond motifs is 1. The highest BCUT2D eigenvalue weighted by Gasteiger charge is 2.26. The number of H-pyrrole nitrogens is 1. The first-order chi connectivity index (χ1) is 16.8. The van der Waals surface area contributed by atoms with E-state index < -0.39 is 0 Å². The van der Waals surface area contributed by atoms with Crippen molar-refractivity contribution in [1.82, 2.24) is 29.9 Å². The third-order valence-corrected chi connectivity index (χ3v) is 7.13. The van der Waals surface area contributed by atoms with E-state index in [1.165, 1.54) is 0 Å². The van der Waals surface area contributed by atoms with Gasteiger partial charge in [0.15, 0.2) is 11.0 Å². The van der Waals surface area contributed by atoms with Crippen LogP contribution in [-0.2, 0) is 11.3 Å². The number of benzene rings is 2. The van der Waals surface area contributed by atoms with Crippen LogP contribution < -0.4 is 0 Å². The largest absolute Gasteiger partial charge is 0.376 e. The zero-order chi connectivity index (χ0) is 22.9. The summed E-state index contributed by atoms with van der Waals surface area (Å²) in [7, 11) is 0. The van der Waals surface area contributed by atoms with Crippen molar-refractivity contribution >= 4 is 22.7 Å². The van der Waals surface area contributed by atoms with Gasteiger partial charge in [-0.2, -0.15) is 4.98 Å². The minimum absolute atomic E-state index is 0.0896. The van der Waals surface area contributed by atoms with Crippen LogP contribution >= 0.6 is 11.8 Å². The van der Waals surface area contributed by atoms with Crippen LogP contribution in [-0.4, -0.2) is 42.6 Å². The Kier molecular flexibility index (Phi) is 5.64. The van der Waals surface area contributed by atoms with Crippen molar-refractivity contribution in [2.45, 2.75) is 42.8 Å². The molecule has 6 rings (SSSR count). The Hall–Kier alpha value is -3.43. The summed E-state index contributed by atoms with van der Waals surface area (Å²) in [6, 6.07) is 18.1. The topological polar surface area (TPSA) is 94.7 Å². The van der Waals surface area contributed by atoms with Gasteiger partial charge >= 0.3 is 0 Å². The highest BCUT2D eigenvalue weighted by atomic mass is 32.2. The molecule has 4 heterocycles. The molecule has 1 saturated heterocycles. The van der Waals surface area contributed by atoms with Gasteiger partial charge in [-0.1, -0.05) is 65.4 Å². The molecule has 5 aromatic rings. The maximum atomic E-state index is 5.95. The summed E-state index contributed by atoms with van der Waals surface area (Å²) in [5, 5.41) is 15.2. The molecule has 1 N–H and O–H groups in total. The van der Waals surface area contributed by atoms with Crippen molar-refractivity contribution in [2.75, 3.05) is 6.61 Å². The molecule has 2 unspecified atom stereocenters. The zero-order valence-electron chi connectivity index (χ0n) is 18.7. The Bertz CT molecular complexity index is 1400. The van der Waals surface area contributed by atoms with Gasteiger partial charge in [-0.25, -0.2) is 0 Å². The number of thioether (sulfide) groups is 1. The molecule has 2 atom stereocenters. The lowest BCUT2D eigenvalue weighted by atomic mass is 10.1. The number of rotatable bonds is 7. The number of nitrogens with one attached hydrogen (secondary N) is 1. The summed E-state index contributed by atoms with van der Waals surface area (Å²) in [5.74, 6) is 1.98. The van der Waals surface area contributed by atoms with E-state index in [4.69, 9.17) is 9.26 Å². The Morgan fingerprint density at radius 2 is 1.97 bits per heavy atom. The molecule has 2 aromatic carbocycles. The average molecular weight is 473 g/mol. The smallest absolute Gasteiger partial charge is 0.240 e.